The molecule has 0 radical (unpaired) electrons. The number of hydrogen-bond donors (Lipinski definition) is 1. The van der Waals surface area contributed by atoms with Gasteiger partial charge in [-0.15, -0.1) is 0 Å². The maximum absolute atomic E-state index is 3.62. The molecule has 0 aromatic heterocycles. The summed E-state index contributed by atoms with van der Waals surface area (Å²) < 4.78 is 0. The zero-order chi connectivity index (χ0) is 11.8. The molecule has 0 amide bonds. The molecule has 16 heavy (non-hydrogen) atoms. The number of nitrogens with zero attached hydrogens (tertiary/aromatic N) is 1. The zero-order valence-corrected chi connectivity index (χ0v) is 11.3. The summed E-state index contributed by atoms with van der Waals surface area (Å²) in [5.41, 5.74) is 1.65. The Bertz CT molecular complexity index is 209. The third-order valence-corrected chi connectivity index (χ3v) is 3.27. The van der Waals surface area contributed by atoms with Crippen molar-refractivity contribution in [3.8, 4) is 0 Å². The standard InChI is InChI=1S/C14H28N2/c1-4-15-14(12-16(2)3)13-10-8-6-5-7-9-11-13/h10,14-15H,4-9,11-12H2,1-3H3. The molecule has 0 fully saturated rings. The molecule has 1 N–H and O–H groups in total. The van der Waals surface area contributed by atoms with Crippen LogP contribution in [0.5, 0.6) is 0 Å². The zero-order valence-electron chi connectivity index (χ0n) is 11.3. The monoisotopic (exact) mass is 224 g/mol. The van der Waals surface area contributed by atoms with Gasteiger partial charge in [-0.05, 0) is 46.3 Å². The van der Waals surface area contributed by atoms with Crippen molar-refractivity contribution in [2.75, 3.05) is 27.2 Å². The highest BCUT2D eigenvalue weighted by Crippen LogP contribution is 2.19. The van der Waals surface area contributed by atoms with Gasteiger partial charge in [-0.1, -0.05) is 31.4 Å². The lowest BCUT2D eigenvalue weighted by molar-refractivity contribution is 0.356. The molecule has 1 aliphatic carbocycles. The fourth-order valence-electron chi connectivity index (χ4n) is 2.46. The highest BCUT2D eigenvalue weighted by molar-refractivity contribution is 5.12. The average Bonchev–Trinajstić information content (AvgIpc) is 2.15. The Labute approximate surface area is 101 Å². The highest BCUT2D eigenvalue weighted by Gasteiger charge is 2.14. The first kappa shape index (κ1) is 13.7. The maximum atomic E-state index is 3.62. The molecule has 0 aromatic carbocycles. The van der Waals surface area contributed by atoms with Crippen molar-refractivity contribution in [1.29, 1.82) is 0 Å². The second-order valence-electron chi connectivity index (χ2n) is 5.10. The number of likely N-dealkylation sites (N-methyl/N-ethyl adjacent to an activating group) is 2. The van der Waals surface area contributed by atoms with Crippen LogP contribution in [-0.4, -0.2) is 38.1 Å². The van der Waals surface area contributed by atoms with Gasteiger partial charge < -0.3 is 10.2 Å². The summed E-state index contributed by atoms with van der Waals surface area (Å²) in [5.74, 6) is 0. The van der Waals surface area contributed by atoms with Crippen LogP contribution in [-0.2, 0) is 0 Å². The van der Waals surface area contributed by atoms with Crippen LogP contribution in [0.25, 0.3) is 0 Å². The number of rotatable bonds is 5. The van der Waals surface area contributed by atoms with E-state index in [1.807, 2.05) is 0 Å². The Morgan fingerprint density at radius 3 is 2.69 bits per heavy atom. The van der Waals surface area contributed by atoms with Gasteiger partial charge in [0.25, 0.3) is 0 Å². The van der Waals surface area contributed by atoms with E-state index in [0.717, 1.165) is 13.1 Å². The fourth-order valence-corrected chi connectivity index (χ4v) is 2.46. The molecule has 0 bridgehead atoms. The molecule has 94 valence electrons. The van der Waals surface area contributed by atoms with Crippen molar-refractivity contribution in [3.63, 3.8) is 0 Å². The first-order valence-corrected chi connectivity index (χ1v) is 6.81. The Morgan fingerprint density at radius 1 is 1.25 bits per heavy atom. The normalized spacial score (nSPS) is 20.1. The number of nitrogens with one attached hydrogen (secondary N) is 1. The largest absolute Gasteiger partial charge is 0.309 e. The number of allylic oxidation sites excluding steroid dienone is 1. The minimum atomic E-state index is 0.568. The van der Waals surface area contributed by atoms with Gasteiger partial charge in [-0.3, -0.25) is 0 Å². The van der Waals surface area contributed by atoms with Crippen molar-refractivity contribution in [3.05, 3.63) is 11.6 Å². The summed E-state index contributed by atoms with van der Waals surface area (Å²) in [4.78, 5) is 2.28. The summed E-state index contributed by atoms with van der Waals surface area (Å²) in [6.07, 6.45) is 10.7. The number of hydrogen-bond acceptors (Lipinski definition) is 2. The molecule has 0 saturated heterocycles. The lowest BCUT2D eigenvalue weighted by Crippen LogP contribution is -2.39. The van der Waals surface area contributed by atoms with Crippen molar-refractivity contribution in [2.24, 2.45) is 0 Å². The molecular formula is C14H28N2. The third kappa shape index (κ3) is 5.13. The van der Waals surface area contributed by atoms with E-state index in [-0.39, 0.29) is 0 Å². The lowest BCUT2D eigenvalue weighted by atomic mass is 9.94. The molecule has 0 aliphatic heterocycles. The lowest BCUT2D eigenvalue weighted by Gasteiger charge is -2.26. The molecular weight excluding hydrogens is 196 g/mol. The smallest absolute Gasteiger partial charge is 0.0408 e. The molecule has 1 atom stereocenters. The molecule has 1 unspecified atom stereocenters. The van der Waals surface area contributed by atoms with E-state index in [4.69, 9.17) is 0 Å². The molecule has 1 rings (SSSR count). The SMILES string of the molecule is CCNC(CN(C)C)C1=CCCCCCC1. The third-order valence-electron chi connectivity index (χ3n) is 3.27. The van der Waals surface area contributed by atoms with Crippen LogP contribution in [0, 0.1) is 0 Å². The van der Waals surface area contributed by atoms with E-state index in [1.54, 1.807) is 5.57 Å². The topological polar surface area (TPSA) is 15.3 Å². The average molecular weight is 224 g/mol. The van der Waals surface area contributed by atoms with Crippen molar-refractivity contribution in [2.45, 2.75) is 51.5 Å². The fraction of sp³-hybridized carbons (Fsp3) is 0.857. The maximum Gasteiger partial charge on any atom is 0.0408 e. The van der Waals surface area contributed by atoms with Gasteiger partial charge in [0, 0.05) is 12.6 Å². The van der Waals surface area contributed by atoms with Gasteiger partial charge in [-0.25, -0.2) is 0 Å². The molecule has 1 aliphatic rings. The summed E-state index contributed by atoms with van der Waals surface area (Å²) >= 11 is 0. The van der Waals surface area contributed by atoms with Crippen LogP contribution in [0.2, 0.25) is 0 Å². The molecule has 0 heterocycles. The van der Waals surface area contributed by atoms with Crippen LogP contribution in [0.4, 0.5) is 0 Å². The Morgan fingerprint density at radius 2 is 2.00 bits per heavy atom. The van der Waals surface area contributed by atoms with Crippen LogP contribution in [0.15, 0.2) is 11.6 Å². The van der Waals surface area contributed by atoms with Crippen molar-refractivity contribution >= 4 is 0 Å². The first-order chi connectivity index (χ1) is 7.74. The van der Waals surface area contributed by atoms with E-state index in [9.17, 15) is 0 Å². The second kappa shape index (κ2) is 7.86. The van der Waals surface area contributed by atoms with Gasteiger partial charge in [0.2, 0.25) is 0 Å². The summed E-state index contributed by atoms with van der Waals surface area (Å²) in [5, 5.41) is 3.62. The Kier molecular flexibility index (Phi) is 6.74. The predicted octanol–water partition coefficient (Wildman–Crippen LogP) is 2.81. The first-order valence-electron chi connectivity index (χ1n) is 6.81. The molecule has 0 spiro atoms. The van der Waals surface area contributed by atoms with Crippen LogP contribution in [0.3, 0.4) is 0 Å². The van der Waals surface area contributed by atoms with E-state index in [0.29, 0.717) is 6.04 Å². The summed E-state index contributed by atoms with van der Waals surface area (Å²) in [6.45, 7) is 4.39. The van der Waals surface area contributed by atoms with Crippen LogP contribution < -0.4 is 5.32 Å². The van der Waals surface area contributed by atoms with E-state index >= 15 is 0 Å². The van der Waals surface area contributed by atoms with E-state index in [2.05, 4.69) is 37.3 Å². The minimum Gasteiger partial charge on any atom is -0.309 e. The second-order valence-corrected chi connectivity index (χ2v) is 5.10. The van der Waals surface area contributed by atoms with Crippen LogP contribution >= 0.6 is 0 Å². The van der Waals surface area contributed by atoms with E-state index in [1.165, 1.54) is 38.5 Å². The molecule has 0 saturated carbocycles. The van der Waals surface area contributed by atoms with Gasteiger partial charge >= 0.3 is 0 Å². The van der Waals surface area contributed by atoms with E-state index < -0.39 is 0 Å². The minimum absolute atomic E-state index is 0.568. The molecule has 2 nitrogen and oxygen atoms in total. The van der Waals surface area contributed by atoms with Crippen molar-refractivity contribution in [1.82, 2.24) is 10.2 Å². The van der Waals surface area contributed by atoms with Gasteiger partial charge in [0.1, 0.15) is 0 Å². The summed E-state index contributed by atoms with van der Waals surface area (Å²) in [7, 11) is 4.32. The molecule has 0 aromatic rings. The molecule has 2 heteroatoms. The van der Waals surface area contributed by atoms with Gasteiger partial charge in [0.05, 0.1) is 0 Å². The summed E-state index contributed by atoms with van der Waals surface area (Å²) in [6, 6.07) is 0.568. The highest BCUT2D eigenvalue weighted by atomic mass is 15.1. The van der Waals surface area contributed by atoms with Gasteiger partial charge in [-0.2, -0.15) is 0 Å². The predicted molar refractivity (Wildman–Crippen MR) is 71.8 cm³/mol. The van der Waals surface area contributed by atoms with Gasteiger partial charge in [0.15, 0.2) is 0 Å². The quantitative estimate of drug-likeness (QED) is 0.722. The van der Waals surface area contributed by atoms with Crippen LogP contribution in [0.1, 0.15) is 45.4 Å². The van der Waals surface area contributed by atoms with Crippen molar-refractivity contribution < 1.29 is 0 Å². The Balaban J connectivity index is 2.58. The Hall–Kier alpha value is -0.340.